The number of ether oxygens (including phenoxy) is 2. The van der Waals surface area contributed by atoms with Gasteiger partial charge in [0.25, 0.3) is 0 Å². The Hall–Kier alpha value is -1.25. The Bertz CT molecular complexity index is 443. The normalized spacial score (nSPS) is 32.1. The van der Waals surface area contributed by atoms with Gasteiger partial charge >= 0.3 is 6.09 Å². The molecule has 2 saturated heterocycles. The number of amides is 1. The lowest BCUT2D eigenvalue weighted by Gasteiger charge is -2.50. The fraction of sp³-hybridized carbons (Fsp3) is 0.812. The third kappa shape index (κ3) is 3.90. The number of hydrogen-bond donors (Lipinski definition) is 1. The molecule has 5 heteroatoms. The van der Waals surface area contributed by atoms with Gasteiger partial charge in [-0.3, -0.25) is 4.90 Å². The summed E-state index contributed by atoms with van der Waals surface area (Å²) in [4.78, 5) is 14.1. The van der Waals surface area contributed by atoms with Crippen molar-refractivity contribution in [2.24, 2.45) is 0 Å². The lowest BCUT2D eigenvalue weighted by atomic mass is 9.79. The molecule has 0 aromatic heterocycles. The summed E-state index contributed by atoms with van der Waals surface area (Å²) in [5.74, 6) is 5.78. The second-order valence-corrected chi connectivity index (χ2v) is 6.97. The van der Waals surface area contributed by atoms with Crippen LogP contribution in [0, 0.1) is 11.8 Å². The highest BCUT2D eigenvalue weighted by molar-refractivity contribution is 5.69. The summed E-state index contributed by atoms with van der Waals surface area (Å²) in [6, 6.07) is -0.285. The quantitative estimate of drug-likeness (QED) is 0.751. The van der Waals surface area contributed by atoms with Crippen molar-refractivity contribution in [1.82, 2.24) is 4.90 Å². The molecule has 0 aliphatic carbocycles. The summed E-state index contributed by atoms with van der Waals surface area (Å²) in [5.41, 5.74) is -1.35. The van der Waals surface area contributed by atoms with Crippen LogP contribution in [0.3, 0.4) is 0 Å². The van der Waals surface area contributed by atoms with Crippen LogP contribution in [0.5, 0.6) is 0 Å². The van der Waals surface area contributed by atoms with Gasteiger partial charge in [-0.15, -0.1) is 11.8 Å². The predicted molar refractivity (Wildman–Crippen MR) is 78.7 cm³/mol. The highest BCUT2D eigenvalue weighted by Gasteiger charge is 2.48. The molecular formula is C16H25NO4. The van der Waals surface area contributed by atoms with Gasteiger partial charge in [0.05, 0.1) is 30.9 Å². The number of carbonyl (C=O) groups excluding carboxylic acids is 1. The van der Waals surface area contributed by atoms with Crippen LogP contribution in [-0.2, 0) is 9.47 Å². The molecule has 2 aliphatic rings. The van der Waals surface area contributed by atoms with Crippen molar-refractivity contribution in [2.45, 2.75) is 70.2 Å². The first kappa shape index (κ1) is 16.1. The molecule has 0 aromatic rings. The van der Waals surface area contributed by atoms with Gasteiger partial charge in [-0.25, -0.2) is 4.79 Å². The zero-order chi connectivity index (χ0) is 15.7. The maximum Gasteiger partial charge on any atom is 0.410 e. The Morgan fingerprint density at radius 1 is 1.38 bits per heavy atom. The number of aliphatic hydroxyl groups is 1. The molecule has 0 spiro atoms. The smallest absolute Gasteiger partial charge is 0.410 e. The van der Waals surface area contributed by atoms with E-state index in [1.807, 2.05) is 20.8 Å². The summed E-state index contributed by atoms with van der Waals surface area (Å²) in [6.07, 6.45) is 1.09. The van der Waals surface area contributed by atoms with Crippen LogP contribution >= 0.6 is 0 Å². The van der Waals surface area contributed by atoms with Gasteiger partial charge in [0, 0.05) is 6.42 Å². The lowest BCUT2D eigenvalue weighted by molar-refractivity contribution is -0.136. The third-order valence-corrected chi connectivity index (χ3v) is 3.84. The monoisotopic (exact) mass is 295 g/mol. The van der Waals surface area contributed by atoms with Gasteiger partial charge in [-0.1, -0.05) is 0 Å². The van der Waals surface area contributed by atoms with Crippen LogP contribution in [0.4, 0.5) is 4.79 Å². The van der Waals surface area contributed by atoms with Crippen molar-refractivity contribution >= 4 is 6.09 Å². The fourth-order valence-electron chi connectivity index (χ4n) is 3.08. The van der Waals surface area contributed by atoms with Crippen LogP contribution in [0.2, 0.25) is 0 Å². The molecule has 2 rings (SSSR count). The number of rotatable bonds is 1. The first-order valence-electron chi connectivity index (χ1n) is 7.45. The largest absolute Gasteiger partial charge is 0.444 e. The van der Waals surface area contributed by atoms with Gasteiger partial charge in [-0.2, -0.15) is 0 Å². The molecule has 2 bridgehead atoms. The van der Waals surface area contributed by atoms with E-state index in [4.69, 9.17) is 9.47 Å². The molecule has 1 N–H and O–H groups in total. The van der Waals surface area contributed by atoms with Gasteiger partial charge in [0.15, 0.2) is 0 Å². The fourth-order valence-corrected chi connectivity index (χ4v) is 3.08. The van der Waals surface area contributed by atoms with E-state index in [1.165, 1.54) is 0 Å². The number of morpholine rings is 1. The van der Waals surface area contributed by atoms with Crippen LogP contribution in [0.25, 0.3) is 0 Å². The molecule has 21 heavy (non-hydrogen) atoms. The molecule has 2 unspecified atom stereocenters. The van der Waals surface area contributed by atoms with Gasteiger partial charge in [-0.05, 0) is 40.5 Å². The molecule has 2 aliphatic heterocycles. The molecule has 0 aromatic carbocycles. The first-order chi connectivity index (χ1) is 9.74. The van der Waals surface area contributed by atoms with Gasteiger partial charge < -0.3 is 14.6 Å². The molecule has 2 heterocycles. The number of fused-ring (bicyclic) bond motifs is 2. The molecular weight excluding hydrogens is 270 g/mol. The average Bonchev–Trinajstić information content (AvgIpc) is 2.33. The molecule has 5 nitrogen and oxygen atoms in total. The Morgan fingerprint density at radius 3 is 2.43 bits per heavy atom. The molecule has 0 radical (unpaired) electrons. The van der Waals surface area contributed by atoms with Crippen LogP contribution in [-0.4, -0.2) is 52.6 Å². The highest BCUT2D eigenvalue weighted by Crippen LogP contribution is 2.37. The van der Waals surface area contributed by atoms with E-state index >= 15 is 0 Å². The van der Waals surface area contributed by atoms with Crippen molar-refractivity contribution in [3.63, 3.8) is 0 Å². The summed E-state index contributed by atoms with van der Waals surface area (Å²) in [7, 11) is 0. The van der Waals surface area contributed by atoms with Crippen molar-refractivity contribution < 1.29 is 19.4 Å². The van der Waals surface area contributed by atoms with Crippen LogP contribution < -0.4 is 0 Å². The summed E-state index contributed by atoms with van der Waals surface area (Å²) in [6.45, 7) is 8.22. The number of piperidine rings is 1. The molecule has 1 amide bonds. The predicted octanol–water partition coefficient (Wildman–Crippen LogP) is 1.93. The van der Waals surface area contributed by atoms with E-state index in [2.05, 4.69) is 11.8 Å². The first-order valence-corrected chi connectivity index (χ1v) is 7.45. The van der Waals surface area contributed by atoms with Gasteiger partial charge in [0.2, 0.25) is 0 Å². The summed E-state index contributed by atoms with van der Waals surface area (Å²) >= 11 is 0. The second-order valence-electron chi connectivity index (χ2n) is 6.97. The van der Waals surface area contributed by atoms with E-state index in [1.54, 1.807) is 11.8 Å². The minimum absolute atomic E-state index is 0.143. The third-order valence-electron chi connectivity index (χ3n) is 3.84. The molecule has 118 valence electrons. The Labute approximate surface area is 126 Å². The number of hydrogen-bond acceptors (Lipinski definition) is 4. The Balaban J connectivity index is 2.12. The van der Waals surface area contributed by atoms with Crippen molar-refractivity contribution in [3.8, 4) is 11.8 Å². The zero-order valence-electron chi connectivity index (χ0n) is 13.3. The van der Waals surface area contributed by atoms with Crippen LogP contribution in [0.15, 0.2) is 0 Å². The Kier molecular flexibility index (Phi) is 4.50. The minimum atomic E-state index is -0.833. The molecule has 2 atom stereocenters. The van der Waals surface area contributed by atoms with E-state index in [9.17, 15) is 9.90 Å². The second kappa shape index (κ2) is 5.86. The van der Waals surface area contributed by atoms with Crippen LogP contribution in [0.1, 0.15) is 47.0 Å². The highest BCUT2D eigenvalue weighted by atomic mass is 16.6. The van der Waals surface area contributed by atoms with E-state index in [-0.39, 0.29) is 18.2 Å². The zero-order valence-corrected chi connectivity index (χ0v) is 13.3. The topological polar surface area (TPSA) is 59.0 Å². The van der Waals surface area contributed by atoms with Crippen molar-refractivity contribution in [1.29, 1.82) is 0 Å². The maximum absolute atomic E-state index is 12.4. The minimum Gasteiger partial charge on any atom is -0.444 e. The maximum atomic E-state index is 12.4. The number of nitrogens with zero attached hydrogens (tertiary/aromatic N) is 1. The molecule has 2 fully saturated rings. The van der Waals surface area contributed by atoms with E-state index < -0.39 is 11.2 Å². The van der Waals surface area contributed by atoms with Crippen molar-refractivity contribution in [2.75, 3.05) is 13.2 Å². The molecule has 0 saturated carbocycles. The van der Waals surface area contributed by atoms with E-state index in [0.29, 0.717) is 32.5 Å². The lowest BCUT2D eigenvalue weighted by Crippen LogP contribution is -2.63. The number of carbonyl (C=O) groups is 1. The summed E-state index contributed by atoms with van der Waals surface area (Å²) in [5, 5.41) is 10.7. The SMILES string of the molecule is CC#CCC1(O)CC2COCC(C1)N2C(=O)OC(C)(C)C. The summed E-state index contributed by atoms with van der Waals surface area (Å²) < 4.78 is 11.0. The van der Waals surface area contributed by atoms with Gasteiger partial charge in [0.1, 0.15) is 5.60 Å². The average molecular weight is 295 g/mol. The standard InChI is InChI=1S/C16H25NO4/c1-5-6-7-16(19)8-12-10-20-11-13(9-16)17(12)14(18)21-15(2,3)4/h12-13,19H,7-11H2,1-4H3. The van der Waals surface area contributed by atoms with Crippen molar-refractivity contribution in [3.05, 3.63) is 0 Å². The van der Waals surface area contributed by atoms with E-state index in [0.717, 1.165) is 0 Å². The Morgan fingerprint density at radius 2 is 1.95 bits per heavy atom.